The Kier molecular flexibility index (Phi) is 6.05. The molecule has 0 radical (unpaired) electrons. The van der Waals surface area contributed by atoms with E-state index in [-0.39, 0.29) is 12.5 Å². The summed E-state index contributed by atoms with van der Waals surface area (Å²) in [6.07, 6.45) is 1.97. The maximum absolute atomic E-state index is 11.9. The number of carbonyl (C=O) groups excluding carboxylic acids is 2. The molecule has 120 valence electrons. The summed E-state index contributed by atoms with van der Waals surface area (Å²) in [7, 11) is 1.31. The number of ether oxygens (including phenoxy) is 2. The third-order valence-electron chi connectivity index (χ3n) is 2.98. The topological polar surface area (TPSA) is 64.6 Å². The van der Waals surface area contributed by atoms with E-state index in [4.69, 9.17) is 4.74 Å². The van der Waals surface area contributed by atoms with Crippen LogP contribution in [-0.4, -0.2) is 31.8 Å². The molecule has 0 bridgehead atoms. The monoisotopic (exact) mass is 331 g/mol. The lowest BCUT2D eigenvalue weighted by Gasteiger charge is -2.09. The zero-order valence-corrected chi connectivity index (χ0v) is 13.7. The van der Waals surface area contributed by atoms with Crippen LogP contribution in [0.15, 0.2) is 53.4 Å². The van der Waals surface area contributed by atoms with Gasteiger partial charge in [0, 0.05) is 10.6 Å². The number of benzene rings is 2. The third-order valence-corrected chi connectivity index (χ3v) is 3.70. The minimum Gasteiger partial charge on any atom is -0.484 e. The van der Waals surface area contributed by atoms with Crippen LogP contribution in [0.5, 0.6) is 5.75 Å². The van der Waals surface area contributed by atoms with E-state index in [9.17, 15) is 9.59 Å². The SMILES string of the molecule is COC(=O)c1cccc(OCC(=O)Nc2cccc(SC)c2)c1. The molecule has 0 unspecified atom stereocenters. The van der Waals surface area contributed by atoms with Crippen LogP contribution in [0.1, 0.15) is 10.4 Å². The summed E-state index contributed by atoms with van der Waals surface area (Å²) in [5, 5.41) is 2.77. The van der Waals surface area contributed by atoms with Crippen molar-refractivity contribution in [3.8, 4) is 5.75 Å². The van der Waals surface area contributed by atoms with Gasteiger partial charge in [-0.2, -0.15) is 0 Å². The van der Waals surface area contributed by atoms with E-state index in [1.54, 1.807) is 30.0 Å². The van der Waals surface area contributed by atoms with Gasteiger partial charge in [0.05, 0.1) is 12.7 Å². The molecular weight excluding hydrogens is 314 g/mol. The number of rotatable bonds is 6. The molecule has 1 N–H and O–H groups in total. The number of hydrogen-bond acceptors (Lipinski definition) is 5. The van der Waals surface area contributed by atoms with Gasteiger partial charge in [0.1, 0.15) is 5.75 Å². The van der Waals surface area contributed by atoms with Gasteiger partial charge >= 0.3 is 5.97 Å². The Balaban J connectivity index is 1.92. The van der Waals surface area contributed by atoms with Crippen LogP contribution in [0.4, 0.5) is 5.69 Å². The van der Waals surface area contributed by atoms with Crippen molar-refractivity contribution in [2.75, 3.05) is 25.3 Å². The van der Waals surface area contributed by atoms with Crippen LogP contribution >= 0.6 is 11.8 Å². The molecule has 0 aliphatic carbocycles. The maximum Gasteiger partial charge on any atom is 0.337 e. The second-order valence-electron chi connectivity index (χ2n) is 4.59. The zero-order valence-electron chi connectivity index (χ0n) is 12.9. The third kappa shape index (κ3) is 5.03. The summed E-state index contributed by atoms with van der Waals surface area (Å²) in [4.78, 5) is 24.4. The number of methoxy groups -OCH3 is 1. The summed E-state index contributed by atoms with van der Waals surface area (Å²) >= 11 is 1.60. The number of hydrogen-bond donors (Lipinski definition) is 1. The Labute approximate surface area is 139 Å². The van der Waals surface area contributed by atoms with Gasteiger partial charge in [-0.1, -0.05) is 12.1 Å². The number of carbonyl (C=O) groups is 2. The number of thioether (sulfide) groups is 1. The summed E-state index contributed by atoms with van der Waals surface area (Å²) < 4.78 is 10.0. The van der Waals surface area contributed by atoms with Gasteiger partial charge in [0.25, 0.3) is 5.91 Å². The minimum atomic E-state index is -0.450. The number of nitrogens with one attached hydrogen (secondary N) is 1. The molecule has 0 aromatic heterocycles. The van der Waals surface area contributed by atoms with E-state index in [1.807, 2.05) is 30.5 Å². The van der Waals surface area contributed by atoms with Crippen molar-refractivity contribution in [2.45, 2.75) is 4.90 Å². The smallest absolute Gasteiger partial charge is 0.337 e. The van der Waals surface area contributed by atoms with E-state index in [2.05, 4.69) is 10.1 Å². The predicted octanol–water partition coefficient (Wildman–Crippen LogP) is 3.21. The van der Waals surface area contributed by atoms with Crippen LogP contribution < -0.4 is 10.1 Å². The Morgan fingerprint density at radius 3 is 2.65 bits per heavy atom. The summed E-state index contributed by atoms with van der Waals surface area (Å²) in [6, 6.07) is 14.0. The molecule has 2 aromatic rings. The quantitative estimate of drug-likeness (QED) is 0.650. The van der Waals surface area contributed by atoms with Gasteiger partial charge in [-0.25, -0.2) is 4.79 Å². The lowest BCUT2D eigenvalue weighted by Crippen LogP contribution is -2.20. The average molecular weight is 331 g/mol. The fourth-order valence-electron chi connectivity index (χ4n) is 1.88. The Morgan fingerprint density at radius 2 is 1.91 bits per heavy atom. The van der Waals surface area contributed by atoms with Crippen molar-refractivity contribution in [2.24, 2.45) is 0 Å². The molecule has 1 amide bonds. The molecule has 0 saturated heterocycles. The van der Waals surface area contributed by atoms with Crippen molar-refractivity contribution >= 4 is 29.3 Å². The molecule has 0 fully saturated rings. The van der Waals surface area contributed by atoms with Crippen molar-refractivity contribution < 1.29 is 19.1 Å². The second kappa shape index (κ2) is 8.24. The van der Waals surface area contributed by atoms with Gasteiger partial charge in [0.2, 0.25) is 0 Å². The minimum absolute atomic E-state index is 0.145. The average Bonchev–Trinajstić information content (AvgIpc) is 2.59. The van der Waals surface area contributed by atoms with Gasteiger partial charge < -0.3 is 14.8 Å². The molecule has 5 nitrogen and oxygen atoms in total. The fraction of sp³-hybridized carbons (Fsp3) is 0.176. The van der Waals surface area contributed by atoms with Gasteiger partial charge in [0.15, 0.2) is 6.61 Å². The van der Waals surface area contributed by atoms with Crippen LogP contribution in [-0.2, 0) is 9.53 Å². The van der Waals surface area contributed by atoms with E-state index < -0.39 is 5.97 Å². The van der Waals surface area contributed by atoms with Crippen LogP contribution in [0.2, 0.25) is 0 Å². The molecule has 6 heteroatoms. The standard InChI is InChI=1S/C17H17NO4S/c1-21-17(20)12-5-3-7-14(9-12)22-11-16(19)18-13-6-4-8-15(10-13)23-2/h3-10H,11H2,1-2H3,(H,18,19). The highest BCUT2D eigenvalue weighted by atomic mass is 32.2. The maximum atomic E-state index is 11.9. The largest absolute Gasteiger partial charge is 0.484 e. The van der Waals surface area contributed by atoms with E-state index in [0.29, 0.717) is 17.0 Å². The number of esters is 1. The predicted molar refractivity (Wildman–Crippen MR) is 90.1 cm³/mol. The molecular formula is C17H17NO4S. The highest BCUT2D eigenvalue weighted by Gasteiger charge is 2.08. The second-order valence-corrected chi connectivity index (χ2v) is 5.47. The van der Waals surface area contributed by atoms with Gasteiger partial charge in [-0.05, 0) is 42.7 Å². The molecule has 0 atom stereocenters. The normalized spacial score (nSPS) is 10.0. The molecule has 0 aliphatic heterocycles. The first-order valence-electron chi connectivity index (χ1n) is 6.87. The first kappa shape index (κ1) is 16.9. The van der Waals surface area contributed by atoms with Crippen molar-refractivity contribution in [3.05, 3.63) is 54.1 Å². The lowest BCUT2D eigenvalue weighted by molar-refractivity contribution is -0.118. The molecule has 0 saturated carbocycles. The van der Waals surface area contributed by atoms with E-state index >= 15 is 0 Å². The summed E-state index contributed by atoms with van der Waals surface area (Å²) in [6.45, 7) is -0.145. The zero-order chi connectivity index (χ0) is 16.7. The Bertz CT molecular complexity index is 702. The molecule has 0 aliphatic rings. The summed E-state index contributed by atoms with van der Waals surface area (Å²) in [5.41, 5.74) is 1.09. The summed E-state index contributed by atoms with van der Waals surface area (Å²) in [5.74, 6) is -0.290. The van der Waals surface area contributed by atoms with E-state index in [1.165, 1.54) is 13.2 Å². The van der Waals surface area contributed by atoms with Crippen molar-refractivity contribution in [1.82, 2.24) is 0 Å². The van der Waals surface area contributed by atoms with Crippen molar-refractivity contribution in [1.29, 1.82) is 0 Å². The molecule has 23 heavy (non-hydrogen) atoms. The first-order chi connectivity index (χ1) is 11.1. The molecule has 0 heterocycles. The van der Waals surface area contributed by atoms with Crippen molar-refractivity contribution in [3.63, 3.8) is 0 Å². The van der Waals surface area contributed by atoms with Crippen LogP contribution in [0, 0.1) is 0 Å². The number of amides is 1. The molecule has 2 rings (SSSR count). The first-order valence-corrected chi connectivity index (χ1v) is 8.10. The Morgan fingerprint density at radius 1 is 1.13 bits per heavy atom. The van der Waals surface area contributed by atoms with Crippen LogP contribution in [0.25, 0.3) is 0 Å². The van der Waals surface area contributed by atoms with Crippen LogP contribution in [0.3, 0.4) is 0 Å². The highest BCUT2D eigenvalue weighted by molar-refractivity contribution is 7.98. The number of anilines is 1. The molecule has 2 aromatic carbocycles. The lowest BCUT2D eigenvalue weighted by atomic mass is 10.2. The van der Waals surface area contributed by atoms with E-state index in [0.717, 1.165) is 4.90 Å². The van der Waals surface area contributed by atoms with Gasteiger partial charge in [-0.3, -0.25) is 4.79 Å². The highest BCUT2D eigenvalue weighted by Crippen LogP contribution is 2.19. The van der Waals surface area contributed by atoms with Gasteiger partial charge in [-0.15, -0.1) is 11.8 Å². The molecule has 0 spiro atoms. The fourth-order valence-corrected chi connectivity index (χ4v) is 2.34. The Hall–Kier alpha value is -2.47.